The van der Waals surface area contributed by atoms with Crippen molar-refractivity contribution in [1.29, 1.82) is 5.26 Å². The molecule has 4 bridgehead atoms. The van der Waals surface area contributed by atoms with Crippen LogP contribution in [0.15, 0.2) is 60.8 Å². The molecule has 14 heteroatoms. The lowest BCUT2D eigenvalue weighted by Crippen LogP contribution is -2.38. The third kappa shape index (κ3) is 7.03. The number of nitriles is 1. The molecule has 1 saturated carbocycles. The molecule has 0 radical (unpaired) electrons. The van der Waals surface area contributed by atoms with Gasteiger partial charge in [-0.25, -0.2) is 26.9 Å². The summed E-state index contributed by atoms with van der Waals surface area (Å²) >= 11 is 0. The second-order valence-corrected chi connectivity index (χ2v) is 17.0. The van der Waals surface area contributed by atoms with E-state index >= 15 is 8.78 Å². The number of aromatic nitrogens is 4. The number of aryl methyl sites for hydroxylation is 2. The Balaban J connectivity index is 1.39. The van der Waals surface area contributed by atoms with Crippen molar-refractivity contribution in [2.45, 2.75) is 63.4 Å². The van der Waals surface area contributed by atoms with Crippen LogP contribution in [0, 0.1) is 28.4 Å². The number of carbonyl (C=O) groups is 1. The first kappa shape index (κ1) is 36.2. The standard InChI is InChI=1S/C39H39F2N5O6S/c1-37(2)23-53(49,50)18-10-28-27-9-16-43-32(27)21-31(41)33(28)52-26-7-8-30(40)29(20-26)34-44-35(45-46(34)3)39(13-15-42,14-17-51-37)25-6-4-5-24(19-25)22-38(11-12-38)36(47)48/h4-9,16,19-21,43H,10-14,17-18,22-23H2,1-3H3,(H,47,48). The Morgan fingerprint density at radius 2 is 1.89 bits per heavy atom. The molecule has 3 heterocycles. The number of ether oxygens (including phenoxy) is 2. The first-order valence-electron chi connectivity index (χ1n) is 17.4. The fourth-order valence-electron chi connectivity index (χ4n) is 7.44. The van der Waals surface area contributed by atoms with Crippen LogP contribution in [0.25, 0.3) is 22.3 Å². The molecule has 1 fully saturated rings. The number of rotatable bonds is 5. The molecule has 2 aliphatic rings. The summed E-state index contributed by atoms with van der Waals surface area (Å²) in [6.45, 7) is 3.34. The normalized spacial score (nSPS) is 20.7. The average Bonchev–Trinajstić information content (AvgIpc) is 3.55. The van der Waals surface area contributed by atoms with Gasteiger partial charge in [0.25, 0.3) is 0 Å². The van der Waals surface area contributed by atoms with Crippen LogP contribution in [0.3, 0.4) is 0 Å². The Morgan fingerprint density at radius 1 is 1.09 bits per heavy atom. The Kier molecular flexibility index (Phi) is 9.14. The molecular weight excluding hydrogens is 705 g/mol. The number of sulfone groups is 1. The van der Waals surface area contributed by atoms with Gasteiger partial charge in [-0.2, -0.15) is 10.4 Å². The molecule has 1 aliphatic carbocycles. The third-order valence-corrected chi connectivity index (χ3v) is 12.4. The van der Waals surface area contributed by atoms with Gasteiger partial charge in [0.1, 0.15) is 11.6 Å². The summed E-state index contributed by atoms with van der Waals surface area (Å²) in [6, 6.07) is 16.5. The molecule has 0 saturated heterocycles. The van der Waals surface area contributed by atoms with E-state index in [-0.39, 0.29) is 66.1 Å². The van der Waals surface area contributed by atoms with Crippen LogP contribution in [0.4, 0.5) is 8.78 Å². The SMILES string of the molecule is Cn1nc2nc1-c1cc(ccc1F)Oc1c(F)cc3[nH]ccc3c1CCS(=O)(=O)CC(C)(C)OCCC2(CC#N)c1cccc(CC2(C(=O)O)CC2)c1. The highest BCUT2D eigenvalue weighted by atomic mass is 32.2. The summed E-state index contributed by atoms with van der Waals surface area (Å²) in [4.78, 5) is 19.9. The van der Waals surface area contributed by atoms with E-state index in [1.165, 1.54) is 28.9 Å². The van der Waals surface area contributed by atoms with Crippen LogP contribution in [-0.4, -0.2) is 63.0 Å². The van der Waals surface area contributed by atoms with E-state index < -0.39 is 43.9 Å². The summed E-state index contributed by atoms with van der Waals surface area (Å²) < 4.78 is 72.5. The first-order chi connectivity index (χ1) is 25.1. The zero-order valence-electron chi connectivity index (χ0n) is 29.6. The number of nitrogens with zero attached hydrogens (tertiary/aromatic N) is 4. The zero-order chi connectivity index (χ0) is 37.8. The largest absolute Gasteiger partial charge is 0.481 e. The molecule has 5 aromatic rings. The maximum Gasteiger partial charge on any atom is 0.309 e. The van der Waals surface area contributed by atoms with E-state index in [1.807, 2.05) is 18.2 Å². The Bertz CT molecular complexity index is 2390. The molecule has 0 amide bonds. The highest BCUT2D eigenvalue weighted by Crippen LogP contribution is 2.49. The molecule has 276 valence electrons. The molecule has 2 N–H and O–H groups in total. The lowest BCUT2D eigenvalue weighted by Gasteiger charge is -2.32. The lowest BCUT2D eigenvalue weighted by atomic mass is 9.73. The number of aromatic amines is 1. The number of halogens is 2. The number of nitrogens with one attached hydrogen (secondary N) is 1. The average molecular weight is 744 g/mol. The number of aliphatic carboxylic acids is 1. The summed E-state index contributed by atoms with van der Waals surface area (Å²) in [5.41, 5.74) is -1.01. The van der Waals surface area contributed by atoms with Crippen LogP contribution in [0.2, 0.25) is 0 Å². The van der Waals surface area contributed by atoms with Crippen molar-refractivity contribution < 1.29 is 36.6 Å². The maximum absolute atomic E-state index is 15.7. The molecule has 0 spiro atoms. The topological polar surface area (TPSA) is 160 Å². The van der Waals surface area contributed by atoms with Crippen molar-refractivity contribution in [3.8, 4) is 29.0 Å². The number of hydrogen-bond donors (Lipinski definition) is 2. The maximum atomic E-state index is 15.7. The third-order valence-electron chi connectivity index (χ3n) is 10.4. The zero-order valence-corrected chi connectivity index (χ0v) is 30.4. The van der Waals surface area contributed by atoms with Crippen LogP contribution in [0.1, 0.15) is 62.0 Å². The van der Waals surface area contributed by atoms with Crippen LogP contribution >= 0.6 is 0 Å². The number of fused-ring (bicyclic) bond motifs is 8. The number of hydrogen-bond acceptors (Lipinski definition) is 8. The molecule has 7 rings (SSSR count). The van der Waals surface area contributed by atoms with E-state index in [1.54, 1.807) is 39.2 Å². The fourth-order valence-corrected chi connectivity index (χ4v) is 9.24. The molecule has 1 atom stereocenters. The minimum absolute atomic E-state index is 0.00319. The molecule has 1 aliphatic heterocycles. The lowest BCUT2D eigenvalue weighted by molar-refractivity contribution is -0.143. The van der Waals surface area contributed by atoms with Crippen molar-refractivity contribution in [3.63, 3.8) is 0 Å². The fraction of sp³-hybridized carbons (Fsp3) is 0.385. The van der Waals surface area contributed by atoms with E-state index in [0.717, 1.165) is 5.56 Å². The van der Waals surface area contributed by atoms with Gasteiger partial charge in [0, 0.05) is 42.4 Å². The van der Waals surface area contributed by atoms with Gasteiger partial charge in [0.15, 0.2) is 33.1 Å². The smallest absolute Gasteiger partial charge is 0.309 e. The van der Waals surface area contributed by atoms with Gasteiger partial charge in [-0.1, -0.05) is 24.3 Å². The van der Waals surface area contributed by atoms with Crippen molar-refractivity contribution in [2.24, 2.45) is 12.5 Å². The van der Waals surface area contributed by atoms with Gasteiger partial charge in [0.2, 0.25) is 0 Å². The second-order valence-electron chi connectivity index (χ2n) is 14.8. The number of benzene rings is 3. The molecule has 53 heavy (non-hydrogen) atoms. The van der Waals surface area contributed by atoms with Gasteiger partial charge in [0.05, 0.1) is 46.0 Å². The quantitative estimate of drug-likeness (QED) is 0.197. The molecule has 2 aromatic heterocycles. The predicted molar refractivity (Wildman–Crippen MR) is 192 cm³/mol. The molecule has 11 nitrogen and oxygen atoms in total. The second kappa shape index (κ2) is 13.4. The van der Waals surface area contributed by atoms with Gasteiger partial charge in [-0.3, -0.25) is 4.79 Å². The van der Waals surface area contributed by atoms with Crippen LogP contribution < -0.4 is 4.74 Å². The van der Waals surface area contributed by atoms with Gasteiger partial charge < -0.3 is 19.6 Å². The van der Waals surface area contributed by atoms with Crippen LogP contribution in [-0.2, 0) is 44.7 Å². The summed E-state index contributed by atoms with van der Waals surface area (Å²) in [5, 5.41) is 25.5. The monoisotopic (exact) mass is 743 g/mol. The van der Waals surface area contributed by atoms with Crippen molar-refractivity contribution >= 4 is 26.7 Å². The minimum atomic E-state index is -3.78. The van der Waals surface area contributed by atoms with Gasteiger partial charge in [-0.15, -0.1) is 0 Å². The number of carboxylic acids is 1. The van der Waals surface area contributed by atoms with E-state index in [0.29, 0.717) is 41.3 Å². The Labute approximate surface area is 305 Å². The minimum Gasteiger partial charge on any atom is -0.481 e. The van der Waals surface area contributed by atoms with Crippen molar-refractivity contribution in [2.75, 3.05) is 18.1 Å². The summed E-state index contributed by atoms with van der Waals surface area (Å²) in [6.07, 6.45) is 3.02. The number of H-pyrrole nitrogens is 1. The Morgan fingerprint density at radius 3 is 2.62 bits per heavy atom. The summed E-state index contributed by atoms with van der Waals surface area (Å²) in [5.74, 6) is -2.67. The van der Waals surface area contributed by atoms with Crippen molar-refractivity contribution in [3.05, 3.63) is 94.9 Å². The number of carboxylic acid groups (broad SMARTS) is 1. The first-order valence-corrected chi connectivity index (χ1v) is 19.2. The van der Waals surface area contributed by atoms with Crippen molar-refractivity contribution in [1.82, 2.24) is 19.7 Å². The van der Waals surface area contributed by atoms with E-state index in [2.05, 4.69) is 11.1 Å². The highest BCUT2D eigenvalue weighted by molar-refractivity contribution is 7.91. The van der Waals surface area contributed by atoms with Gasteiger partial charge in [-0.05, 0) is 81.3 Å². The summed E-state index contributed by atoms with van der Waals surface area (Å²) in [7, 11) is -2.18. The Hall–Kier alpha value is -5.13. The molecule has 1 unspecified atom stereocenters. The van der Waals surface area contributed by atoms with E-state index in [9.17, 15) is 23.6 Å². The van der Waals surface area contributed by atoms with Gasteiger partial charge >= 0.3 is 5.97 Å². The van der Waals surface area contributed by atoms with E-state index in [4.69, 9.17) is 19.6 Å². The highest BCUT2D eigenvalue weighted by Gasteiger charge is 2.50. The molecule has 3 aromatic carbocycles. The predicted octanol–water partition coefficient (Wildman–Crippen LogP) is 6.80. The molecular formula is C39H39F2N5O6S. The van der Waals surface area contributed by atoms with Crippen LogP contribution in [0.5, 0.6) is 11.5 Å².